The van der Waals surface area contributed by atoms with Crippen LogP contribution in [0.15, 0.2) is 41.8 Å². The third-order valence-corrected chi connectivity index (χ3v) is 6.70. The molecule has 1 N–H and O–H groups in total. The van der Waals surface area contributed by atoms with Gasteiger partial charge >= 0.3 is 0 Å². The SMILES string of the molecule is CCCCCCCCCCCCCCCCOc1ccc(C(O)c2cccs2)cc1. The average molecular weight is 431 g/mol. The fourth-order valence-electron chi connectivity index (χ4n) is 3.84. The van der Waals surface area contributed by atoms with Gasteiger partial charge in [0.05, 0.1) is 6.61 Å². The van der Waals surface area contributed by atoms with Gasteiger partial charge in [-0.05, 0) is 35.6 Å². The molecule has 168 valence electrons. The van der Waals surface area contributed by atoms with E-state index in [1.165, 1.54) is 83.5 Å². The maximum Gasteiger partial charge on any atom is 0.119 e. The highest BCUT2D eigenvalue weighted by molar-refractivity contribution is 7.10. The minimum atomic E-state index is -0.537. The number of aliphatic hydroxyl groups is 1. The second-order valence-corrected chi connectivity index (χ2v) is 9.41. The van der Waals surface area contributed by atoms with Crippen molar-refractivity contribution < 1.29 is 9.84 Å². The Labute approximate surface area is 188 Å². The molecular weight excluding hydrogens is 388 g/mol. The molecule has 0 fully saturated rings. The zero-order chi connectivity index (χ0) is 21.3. The second kappa shape index (κ2) is 16.4. The summed E-state index contributed by atoms with van der Waals surface area (Å²) in [4.78, 5) is 0.978. The predicted molar refractivity (Wildman–Crippen MR) is 131 cm³/mol. The molecule has 0 amide bonds. The molecule has 1 heterocycles. The lowest BCUT2D eigenvalue weighted by atomic mass is 10.0. The first-order valence-corrected chi connectivity index (χ1v) is 13.1. The van der Waals surface area contributed by atoms with E-state index in [1.54, 1.807) is 11.3 Å². The van der Waals surface area contributed by atoms with E-state index >= 15 is 0 Å². The van der Waals surface area contributed by atoms with Crippen LogP contribution in [0.25, 0.3) is 0 Å². The summed E-state index contributed by atoms with van der Waals surface area (Å²) in [7, 11) is 0. The van der Waals surface area contributed by atoms with Gasteiger partial charge in [-0.25, -0.2) is 0 Å². The molecule has 1 aromatic carbocycles. The molecule has 2 rings (SSSR count). The van der Waals surface area contributed by atoms with Gasteiger partial charge < -0.3 is 9.84 Å². The number of rotatable bonds is 18. The van der Waals surface area contributed by atoms with Crippen molar-refractivity contribution in [2.24, 2.45) is 0 Å². The Morgan fingerprint density at radius 2 is 1.27 bits per heavy atom. The molecule has 1 unspecified atom stereocenters. The van der Waals surface area contributed by atoms with Gasteiger partial charge in [-0.1, -0.05) is 109 Å². The molecule has 2 nitrogen and oxygen atoms in total. The molecule has 0 spiro atoms. The smallest absolute Gasteiger partial charge is 0.119 e. The van der Waals surface area contributed by atoms with Crippen molar-refractivity contribution in [1.82, 2.24) is 0 Å². The number of thiophene rings is 1. The van der Waals surface area contributed by atoms with Gasteiger partial charge in [-0.2, -0.15) is 0 Å². The van der Waals surface area contributed by atoms with E-state index in [-0.39, 0.29) is 0 Å². The predicted octanol–water partition coefficient (Wildman–Crippen LogP) is 8.69. The zero-order valence-corrected chi connectivity index (χ0v) is 19.8. The summed E-state index contributed by atoms with van der Waals surface area (Å²) in [5, 5.41) is 12.4. The van der Waals surface area contributed by atoms with E-state index in [0.717, 1.165) is 29.2 Å². The average Bonchev–Trinajstić information content (AvgIpc) is 3.31. The first-order chi connectivity index (χ1) is 14.8. The van der Waals surface area contributed by atoms with Crippen LogP contribution in [0.2, 0.25) is 0 Å². The lowest BCUT2D eigenvalue weighted by Gasteiger charge is -2.11. The van der Waals surface area contributed by atoms with E-state index in [1.807, 2.05) is 41.8 Å². The van der Waals surface area contributed by atoms with Crippen molar-refractivity contribution in [1.29, 1.82) is 0 Å². The fraction of sp³-hybridized carbons (Fsp3) is 0.630. The Kier molecular flexibility index (Phi) is 13.6. The van der Waals surface area contributed by atoms with E-state index in [9.17, 15) is 5.11 Å². The van der Waals surface area contributed by atoms with Crippen molar-refractivity contribution in [3.63, 3.8) is 0 Å². The van der Waals surface area contributed by atoms with Crippen molar-refractivity contribution in [3.05, 3.63) is 52.2 Å². The Bertz CT molecular complexity index is 621. The topological polar surface area (TPSA) is 29.5 Å². The van der Waals surface area contributed by atoms with Crippen LogP contribution in [0.3, 0.4) is 0 Å². The van der Waals surface area contributed by atoms with Crippen LogP contribution in [0.1, 0.15) is 113 Å². The van der Waals surface area contributed by atoms with Crippen molar-refractivity contribution in [3.8, 4) is 5.75 Å². The van der Waals surface area contributed by atoms with E-state index in [2.05, 4.69) is 6.92 Å². The van der Waals surface area contributed by atoms with Crippen LogP contribution in [0.4, 0.5) is 0 Å². The van der Waals surface area contributed by atoms with Crippen LogP contribution in [0, 0.1) is 0 Å². The summed E-state index contributed by atoms with van der Waals surface area (Å²) < 4.78 is 5.86. The molecule has 0 saturated heterocycles. The normalized spacial score (nSPS) is 12.2. The number of ether oxygens (including phenoxy) is 1. The number of hydrogen-bond acceptors (Lipinski definition) is 3. The largest absolute Gasteiger partial charge is 0.494 e. The van der Waals surface area contributed by atoms with E-state index in [0.29, 0.717) is 0 Å². The molecule has 30 heavy (non-hydrogen) atoms. The molecule has 1 aromatic heterocycles. The summed E-state index contributed by atoms with van der Waals surface area (Å²) in [5.74, 6) is 0.895. The summed E-state index contributed by atoms with van der Waals surface area (Å²) in [6, 6.07) is 11.8. The highest BCUT2D eigenvalue weighted by atomic mass is 32.1. The van der Waals surface area contributed by atoms with Crippen LogP contribution in [-0.2, 0) is 0 Å². The third kappa shape index (κ3) is 10.6. The van der Waals surface area contributed by atoms with Crippen LogP contribution >= 0.6 is 11.3 Å². The molecule has 3 heteroatoms. The van der Waals surface area contributed by atoms with Gasteiger partial charge in [-0.3, -0.25) is 0 Å². The van der Waals surface area contributed by atoms with Gasteiger partial charge in [0.25, 0.3) is 0 Å². The van der Waals surface area contributed by atoms with Crippen molar-refractivity contribution >= 4 is 11.3 Å². The number of unbranched alkanes of at least 4 members (excludes halogenated alkanes) is 13. The van der Waals surface area contributed by atoms with Crippen molar-refractivity contribution in [2.45, 2.75) is 103 Å². The summed E-state index contributed by atoms with van der Waals surface area (Å²) >= 11 is 1.58. The summed E-state index contributed by atoms with van der Waals surface area (Å²) in [5.41, 5.74) is 0.918. The highest BCUT2D eigenvalue weighted by Gasteiger charge is 2.11. The molecule has 0 aliphatic heterocycles. The van der Waals surface area contributed by atoms with Gasteiger partial charge in [0.15, 0.2) is 0 Å². The lowest BCUT2D eigenvalue weighted by molar-refractivity contribution is 0.224. The molecule has 0 saturated carbocycles. The Morgan fingerprint density at radius 1 is 0.733 bits per heavy atom. The van der Waals surface area contributed by atoms with Gasteiger partial charge in [0, 0.05) is 4.88 Å². The Balaban J connectivity index is 1.40. The van der Waals surface area contributed by atoms with Crippen LogP contribution < -0.4 is 4.74 Å². The molecule has 2 aromatic rings. The molecule has 1 atom stereocenters. The molecule has 0 bridgehead atoms. The highest BCUT2D eigenvalue weighted by Crippen LogP contribution is 2.27. The first-order valence-electron chi connectivity index (χ1n) is 12.3. The monoisotopic (exact) mass is 430 g/mol. The van der Waals surface area contributed by atoms with Gasteiger partial charge in [0.1, 0.15) is 11.9 Å². The number of benzene rings is 1. The third-order valence-electron chi connectivity index (χ3n) is 5.78. The number of aliphatic hydroxyl groups excluding tert-OH is 1. The van der Waals surface area contributed by atoms with Crippen molar-refractivity contribution in [2.75, 3.05) is 6.61 Å². The van der Waals surface area contributed by atoms with Crippen LogP contribution in [0.5, 0.6) is 5.75 Å². The second-order valence-electron chi connectivity index (χ2n) is 8.43. The van der Waals surface area contributed by atoms with E-state index in [4.69, 9.17) is 4.74 Å². The minimum Gasteiger partial charge on any atom is -0.494 e. The zero-order valence-electron chi connectivity index (χ0n) is 19.0. The molecule has 0 aliphatic rings. The summed E-state index contributed by atoms with van der Waals surface area (Å²) in [6.45, 7) is 3.07. The Hall–Kier alpha value is -1.32. The lowest BCUT2D eigenvalue weighted by Crippen LogP contribution is -1.99. The van der Waals surface area contributed by atoms with E-state index < -0.39 is 6.10 Å². The molecule has 0 radical (unpaired) electrons. The maximum atomic E-state index is 10.4. The standard InChI is InChI=1S/C27H42O2S/c1-2-3-4-5-6-7-8-9-10-11-12-13-14-15-22-29-25-20-18-24(19-21-25)27(28)26-17-16-23-30-26/h16-21,23,27-28H,2-15,22H2,1H3. The summed E-state index contributed by atoms with van der Waals surface area (Å²) in [6.07, 6.45) is 18.7. The maximum absolute atomic E-state index is 10.4. The first kappa shape index (κ1) is 24.9. The molecule has 0 aliphatic carbocycles. The van der Waals surface area contributed by atoms with Gasteiger partial charge in [0.2, 0.25) is 0 Å². The minimum absolute atomic E-state index is 0.537. The quantitative estimate of drug-likeness (QED) is 0.240. The Morgan fingerprint density at radius 3 is 1.77 bits per heavy atom. The fourth-order valence-corrected chi connectivity index (χ4v) is 4.58. The van der Waals surface area contributed by atoms with Crippen LogP contribution in [-0.4, -0.2) is 11.7 Å². The molecular formula is C27H42O2S. The van der Waals surface area contributed by atoms with Gasteiger partial charge in [-0.15, -0.1) is 11.3 Å². The number of hydrogen-bond donors (Lipinski definition) is 1.